The SMILES string of the molecule is CC(C)(C)OC(=O)N1CCC[C@H](NCCc2ccccc2)C1. The lowest BCUT2D eigenvalue weighted by Crippen LogP contribution is -2.49. The Labute approximate surface area is 133 Å². The summed E-state index contributed by atoms with van der Waals surface area (Å²) in [5, 5.41) is 3.57. The summed E-state index contributed by atoms with van der Waals surface area (Å²) in [6.45, 7) is 8.20. The third-order valence-electron chi connectivity index (χ3n) is 3.76. The van der Waals surface area contributed by atoms with Crippen LogP contribution in [0, 0.1) is 0 Å². The van der Waals surface area contributed by atoms with E-state index in [1.165, 1.54) is 5.56 Å². The molecule has 4 nitrogen and oxygen atoms in total. The van der Waals surface area contributed by atoms with Crippen molar-refractivity contribution < 1.29 is 9.53 Å². The minimum atomic E-state index is -0.426. The van der Waals surface area contributed by atoms with Crippen molar-refractivity contribution in [3.8, 4) is 0 Å². The van der Waals surface area contributed by atoms with Gasteiger partial charge in [0.25, 0.3) is 0 Å². The first-order valence-electron chi connectivity index (χ1n) is 8.19. The number of likely N-dealkylation sites (tertiary alicyclic amines) is 1. The highest BCUT2D eigenvalue weighted by atomic mass is 16.6. The van der Waals surface area contributed by atoms with Crippen molar-refractivity contribution >= 4 is 6.09 Å². The minimum absolute atomic E-state index is 0.193. The number of nitrogens with one attached hydrogen (secondary N) is 1. The third kappa shape index (κ3) is 5.68. The van der Waals surface area contributed by atoms with Crippen molar-refractivity contribution in [2.45, 2.75) is 51.7 Å². The predicted octanol–water partition coefficient (Wildman–Crippen LogP) is 3.22. The van der Waals surface area contributed by atoms with Crippen LogP contribution in [0.5, 0.6) is 0 Å². The van der Waals surface area contributed by atoms with Gasteiger partial charge in [-0.15, -0.1) is 0 Å². The van der Waals surface area contributed by atoms with Crippen molar-refractivity contribution in [2.75, 3.05) is 19.6 Å². The number of ether oxygens (including phenoxy) is 1. The molecule has 4 heteroatoms. The van der Waals surface area contributed by atoms with Gasteiger partial charge in [-0.3, -0.25) is 0 Å². The summed E-state index contributed by atoms with van der Waals surface area (Å²) in [5.41, 5.74) is 0.917. The molecule has 1 aliphatic heterocycles. The molecule has 0 spiro atoms. The average molecular weight is 304 g/mol. The summed E-state index contributed by atoms with van der Waals surface area (Å²) in [6.07, 6.45) is 2.97. The highest BCUT2D eigenvalue weighted by Gasteiger charge is 2.27. The lowest BCUT2D eigenvalue weighted by molar-refractivity contribution is 0.0188. The lowest BCUT2D eigenvalue weighted by Gasteiger charge is -2.34. The van der Waals surface area contributed by atoms with Crippen molar-refractivity contribution in [3.63, 3.8) is 0 Å². The zero-order chi connectivity index (χ0) is 16.0. The van der Waals surface area contributed by atoms with Gasteiger partial charge in [0.05, 0.1) is 0 Å². The first-order valence-corrected chi connectivity index (χ1v) is 8.19. The van der Waals surface area contributed by atoms with E-state index < -0.39 is 5.60 Å². The monoisotopic (exact) mass is 304 g/mol. The summed E-state index contributed by atoms with van der Waals surface area (Å²) in [5.74, 6) is 0. The Morgan fingerprint density at radius 3 is 2.73 bits per heavy atom. The summed E-state index contributed by atoms with van der Waals surface area (Å²) in [4.78, 5) is 14.0. The summed E-state index contributed by atoms with van der Waals surface area (Å²) in [6, 6.07) is 10.8. The molecular weight excluding hydrogens is 276 g/mol. The summed E-state index contributed by atoms with van der Waals surface area (Å²) in [7, 11) is 0. The van der Waals surface area contributed by atoms with Gasteiger partial charge in [-0.2, -0.15) is 0 Å². The van der Waals surface area contributed by atoms with Crippen molar-refractivity contribution in [3.05, 3.63) is 35.9 Å². The molecule has 0 saturated carbocycles. The molecule has 0 aliphatic carbocycles. The van der Waals surface area contributed by atoms with Crippen LogP contribution in [0.3, 0.4) is 0 Å². The number of piperidine rings is 1. The molecule has 1 aromatic rings. The fourth-order valence-corrected chi connectivity index (χ4v) is 2.70. The highest BCUT2D eigenvalue weighted by Crippen LogP contribution is 2.15. The maximum Gasteiger partial charge on any atom is 0.410 e. The van der Waals surface area contributed by atoms with E-state index in [2.05, 4.69) is 29.6 Å². The molecule has 22 heavy (non-hydrogen) atoms. The Bertz CT molecular complexity index is 468. The quantitative estimate of drug-likeness (QED) is 0.928. The number of benzene rings is 1. The maximum atomic E-state index is 12.1. The van der Waals surface area contributed by atoms with Gasteiger partial charge in [-0.05, 0) is 52.1 Å². The normalized spacial score (nSPS) is 19.0. The van der Waals surface area contributed by atoms with Gasteiger partial charge in [-0.1, -0.05) is 30.3 Å². The first kappa shape index (κ1) is 16.8. The Morgan fingerprint density at radius 1 is 1.32 bits per heavy atom. The van der Waals surface area contributed by atoms with E-state index in [0.29, 0.717) is 6.04 Å². The van der Waals surface area contributed by atoms with Crippen LogP contribution in [0.4, 0.5) is 4.79 Å². The van der Waals surface area contributed by atoms with E-state index in [-0.39, 0.29) is 6.09 Å². The number of carbonyl (C=O) groups excluding carboxylic acids is 1. The molecule has 0 radical (unpaired) electrons. The van der Waals surface area contributed by atoms with Gasteiger partial charge in [0, 0.05) is 19.1 Å². The number of nitrogens with zero attached hydrogens (tertiary/aromatic N) is 1. The third-order valence-corrected chi connectivity index (χ3v) is 3.76. The number of amides is 1. The number of hydrogen-bond acceptors (Lipinski definition) is 3. The van der Waals surface area contributed by atoms with Gasteiger partial charge >= 0.3 is 6.09 Å². The number of hydrogen-bond donors (Lipinski definition) is 1. The molecule has 0 bridgehead atoms. The fraction of sp³-hybridized carbons (Fsp3) is 0.611. The molecule has 1 fully saturated rings. The number of rotatable bonds is 4. The van der Waals surface area contributed by atoms with Gasteiger partial charge in [0.1, 0.15) is 5.60 Å². The van der Waals surface area contributed by atoms with Crippen molar-refractivity contribution in [2.24, 2.45) is 0 Å². The van der Waals surface area contributed by atoms with E-state index in [4.69, 9.17) is 4.74 Å². The average Bonchev–Trinajstić information content (AvgIpc) is 2.47. The Morgan fingerprint density at radius 2 is 2.05 bits per heavy atom. The second-order valence-electron chi connectivity index (χ2n) is 6.96. The molecule has 2 rings (SSSR count). The Hall–Kier alpha value is -1.55. The smallest absolute Gasteiger partial charge is 0.410 e. The zero-order valence-corrected chi connectivity index (χ0v) is 14.0. The second kappa shape index (κ2) is 7.63. The van der Waals surface area contributed by atoms with E-state index in [0.717, 1.165) is 38.9 Å². The van der Waals surface area contributed by atoms with Crippen LogP contribution >= 0.6 is 0 Å². The highest BCUT2D eigenvalue weighted by molar-refractivity contribution is 5.68. The van der Waals surface area contributed by atoms with Crippen LogP contribution in [0.25, 0.3) is 0 Å². The Kier molecular flexibility index (Phi) is 5.83. The van der Waals surface area contributed by atoms with Gasteiger partial charge in [-0.25, -0.2) is 4.79 Å². The molecule has 0 unspecified atom stereocenters. The lowest BCUT2D eigenvalue weighted by atomic mass is 10.1. The summed E-state index contributed by atoms with van der Waals surface area (Å²) < 4.78 is 5.46. The molecule has 1 saturated heterocycles. The molecule has 1 amide bonds. The van der Waals surface area contributed by atoms with Crippen LogP contribution in [0.2, 0.25) is 0 Å². The van der Waals surface area contributed by atoms with Crippen LogP contribution in [0.1, 0.15) is 39.2 Å². The molecule has 1 atom stereocenters. The van der Waals surface area contributed by atoms with Crippen LogP contribution < -0.4 is 5.32 Å². The molecule has 1 heterocycles. The molecule has 1 aliphatic rings. The zero-order valence-electron chi connectivity index (χ0n) is 14.0. The topological polar surface area (TPSA) is 41.6 Å². The second-order valence-corrected chi connectivity index (χ2v) is 6.96. The van der Waals surface area contributed by atoms with E-state index in [9.17, 15) is 4.79 Å². The van der Waals surface area contributed by atoms with Crippen molar-refractivity contribution in [1.29, 1.82) is 0 Å². The van der Waals surface area contributed by atoms with Gasteiger partial charge in [0.2, 0.25) is 0 Å². The maximum absolute atomic E-state index is 12.1. The largest absolute Gasteiger partial charge is 0.444 e. The van der Waals surface area contributed by atoms with E-state index in [1.807, 2.05) is 31.7 Å². The standard InChI is InChI=1S/C18H28N2O2/c1-18(2,3)22-17(21)20-13-7-10-16(14-20)19-12-11-15-8-5-4-6-9-15/h4-6,8-9,16,19H,7,10-14H2,1-3H3/t16-/m0/s1. The fourth-order valence-electron chi connectivity index (χ4n) is 2.70. The molecular formula is C18H28N2O2. The Balaban J connectivity index is 1.75. The van der Waals surface area contributed by atoms with E-state index in [1.54, 1.807) is 0 Å². The van der Waals surface area contributed by atoms with Crippen LogP contribution in [-0.2, 0) is 11.2 Å². The number of carbonyl (C=O) groups is 1. The molecule has 0 aromatic heterocycles. The van der Waals surface area contributed by atoms with Crippen LogP contribution in [0.15, 0.2) is 30.3 Å². The first-order chi connectivity index (χ1) is 10.4. The molecule has 122 valence electrons. The summed E-state index contributed by atoms with van der Waals surface area (Å²) >= 11 is 0. The predicted molar refractivity (Wildman–Crippen MR) is 89.0 cm³/mol. The van der Waals surface area contributed by atoms with E-state index >= 15 is 0 Å². The minimum Gasteiger partial charge on any atom is -0.444 e. The van der Waals surface area contributed by atoms with Crippen LogP contribution in [-0.4, -0.2) is 42.3 Å². The molecule has 1 aromatic carbocycles. The van der Waals surface area contributed by atoms with Crippen molar-refractivity contribution in [1.82, 2.24) is 10.2 Å². The van der Waals surface area contributed by atoms with Gasteiger partial charge < -0.3 is 15.0 Å². The molecule has 1 N–H and O–H groups in total. The van der Waals surface area contributed by atoms with Gasteiger partial charge in [0.15, 0.2) is 0 Å².